The third-order valence-electron chi connectivity index (χ3n) is 3.79. The molecule has 0 aliphatic heterocycles. The number of nitro benzene ring substituents is 1. The number of para-hydroxylation sites is 1. The molecule has 3 aromatic rings. The molecule has 0 spiro atoms. The van der Waals surface area contributed by atoms with Gasteiger partial charge in [-0.3, -0.25) is 14.9 Å². The normalized spacial score (nSPS) is 10.1. The van der Waals surface area contributed by atoms with E-state index in [1.54, 1.807) is 24.3 Å². The van der Waals surface area contributed by atoms with E-state index in [1.165, 1.54) is 42.5 Å². The van der Waals surface area contributed by atoms with Crippen molar-refractivity contribution in [3.8, 4) is 11.5 Å². The molecule has 0 fully saturated rings. The Balaban J connectivity index is 1.86. The molecule has 8 nitrogen and oxygen atoms in total. The molecule has 2 N–H and O–H groups in total. The van der Waals surface area contributed by atoms with Crippen LogP contribution in [0, 0.1) is 10.1 Å². The molecule has 0 aromatic heterocycles. The molecule has 0 atom stereocenters. The van der Waals surface area contributed by atoms with Crippen molar-refractivity contribution in [3.63, 3.8) is 0 Å². The first-order valence-electron chi connectivity index (χ1n) is 8.10. The minimum Gasteiger partial charge on any atom is -0.478 e. The van der Waals surface area contributed by atoms with E-state index in [4.69, 9.17) is 4.74 Å². The number of carbonyl (C=O) groups is 2. The lowest BCUT2D eigenvalue weighted by Crippen LogP contribution is -2.15. The number of nitrogens with zero attached hydrogens (tertiary/aromatic N) is 1. The van der Waals surface area contributed by atoms with Crippen LogP contribution < -0.4 is 10.1 Å². The summed E-state index contributed by atoms with van der Waals surface area (Å²) in [5, 5.41) is 22.6. The summed E-state index contributed by atoms with van der Waals surface area (Å²) in [5.41, 5.74) is -0.0719. The SMILES string of the molecule is O=C(Nc1cc(Oc2ccccc2)ccc1C(=O)O)c1ccc([N+](=O)[O-])cc1. The number of carboxylic acids is 1. The number of carbonyl (C=O) groups excluding carboxylic acids is 1. The lowest BCUT2D eigenvalue weighted by Gasteiger charge is -2.12. The van der Waals surface area contributed by atoms with Gasteiger partial charge in [-0.15, -0.1) is 0 Å². The van der Waals surface area contributed by atoms with Crippen molar-refractivity contribution in [2.45, 2.75) is 0 Å². The summed E-state index contributed by atoms with van der Waals surface area (Å²) in [4.78, 5) is 34.0. The smallest absolute Gasteiger partial charge is 0.337 e. The fraction of sp³-hybridized carbons (Fsp3) is 0. The zero-order valence-electron chi connectivity index (χ0n) is 14.4. The number of nitrogens with one attached hydrogen (secondary N) is 1. The molecule has 0 aliphatic rings. The van der Waals surface area contributed by atoms with Crippen LogP contribution in [0.3, 0.4) is 0 Å². The van der Waals surface area contributed by atoms with E-state index in [1.807, 2.05) is 6.07 Å². The van der Waals surface area contributed by atoms with Gasteiger partial charge in [-0.05, 0) is 36.4 Å². The van der Waals surface area contributed by atoms with Gasteiger partial charge in [-0.2, -0.15) is 0 Å². The van der Waals surface area contributed by atoms with E-state index in [2.05, 4.69) is 5.32 Å². The minimum atomic E-state index is -1.22. The van der Waals surface area contributed by atoms with E-state index in [-0.39, 0.29) is 22.5 Å². The van der Waals surface area contributed by atoms with Gasteiger partial charge < -0.3 is 15.2 Å². The maximum Gasteiger partial charge on any atom is 0.337 e. The highest BCUT2D eigenvalue weighted by Crippen LogP contribution is 2.27. The Kier molecular flexibility index (Phi) is 5.31. The van der Waals surface area contributed by atoms with Crippen LogP contribution in [0.2, 0.25) is 0 Å². The van der Waals surface area contributed by atoms with Crippen molar-refractivity contribution in [1.29, 1.82) is 0 Å². The van der Waals surface area contributed by atoms with Crippen LogP contribution in [-0.4, -0.2) is 21.9 Å². The molecule has 1 amide bonds. The van der Waals surface area contributed by atoms with E-state index in [9.17, 15) is 24.8 Å². The van der Waals surface area contributed by atoms with Crippen molar-refractivity contribution in [2.75, 3.05) is 5.32 Å². The molecule has 0 bridgehead atoms. The van der Waals surface area contributed by atoms with E-state index in [0.717, 1.165) is 0 Å². The summed E-state index contributed by atoms with van der Waals surface area (Å²) < 4.78 is 5.66. The topological polar surface area (TPSA) is 119 Å². The number of amides is 1. The highest BCUT2D eigenvalue weighted by Gasteiger charge is 2.16. The lowest BCUT2D eigenvalue weighted by atomic mass is 10.1. The number of hydrogen-bond acceptors (Lipinski definition) is 5. The molecular weight excluding hydrogens is 364 g/mol. The van der Waals surface area contributed by atoms with Crippen molar-refractivity contribution < 1.29 is 24.4 Å². The van der Waals surface area contributed by atoms with Gasteiger partial charge in [0.1, 0.15) is 11.5 Å². The molecule has 0 saturated carbocycles. The Hall–Kier alpha value is -4.20. The number of benzene rings is 3. The van der Waals surface area contributed by atoms with Crippen LogP contribution in [0.5, 0.6) is 11.5 Å². The third-order valence-corrected chi connectivity index (χ3v) is 3.79. The standard InChI is InChI=1S/C20H14N2O6/c23-19(13-6-8-14(9-7-13)22(26)27)21-18-12-16(10-11-17(18)20(24)25)28-15-4-2-1-3-5-15/h1-12H,(H,21,23)(H,24,25). The lowest BCUT2D eigenvalue weighted by molar-refractivity contribution is -0.384. The number of ether oxygens (including phenoxy) is 1. The summed E-state index contributed by atoms with van der Waals surface area (Å²) in [6.45, 7) is 0. The predicted octanol–water partition coefficient (Wildman–Crippen LogP) is 4.34. The highest BCUT2D eigenvalue weighted by atomic mass is 16.6. The average Bonchev–Trinajstić information content (AvgIpc) is 2.68. The van der Waals surface area contributed by atoms with Gasteiger partial charge in [0, 0.05) is 23.8 Å². The molecule has 3 aromatic carbocycles. The Morgan fingerprint density at radius 3 is 2.21 bits per heavy atom. The third kappa shape index (κ3) is 4.31. The highest BCUT2D eigenvalue weighted by molar-refractivity contribution is 6.08. The van der Waals surface area contributed by atoms with Crippen molar-refractivity contribution >= 4 is 23.3 Å². The molecule has 28 heavy (non-hydrogen) atoms. The van der Waals surface area contributed by atoms with Crippen molar-refractivity contribution in [2.24, 2.45) is 0 Å². The van der Waals surface area contributed by atoms with Crippen LogP contribution in [0.4, 0.5) is 11.4 Å². The maximum absolute atomic E-state index is 12.4. The molecule has 0 radical (unpaired) electrons. The quantitative estimate of drug-likeness (QED) is 0.486. The van der Waals surface area contributed by atoms with Crippen LogP contribution in [0.15, 0.2) is 72.8 Å². The fourth-order valence-corrected chi connectivity index (χ4v) is 2.43. The molecule has 8 heteroatoms. The van der Waals surface area contributed by atoms with Crippen LogP contribution >= 0.6 is 0 Å². The van der Waals surface area contributed by atoms with Crippen LogP contribution in [0.1, 0.15) is 20.7 Å². The van der Waals surface area contributed by atoms with E-state index in [0.29, 0.717) is 11.5 Å². The van der Waals surface area contributed by atoms with Crippen molar-refractivity contribution in [3.05, 3.63) is 94.0 Å². The van der Waals surface area contributed by atoms with Gasteiger partial charge in [0.2, 0.25) is 0 Å². The number of aromatic carboxylic acids is 1. The summed E-state index contributed by atoms with van der Waals surface area (Å²) in [5.74, 6) is -0.923. The summed E-state index contributed by atoms with van der Waals surface area (Å²) in [7, 11) is 0. The number of rotatable bonds is 6. The Morgan fingerprint density at radius 1 is 0.929 bits per heavy atom. The van der Waals surface area contributed by atoms with Crippen LogP contribution in [0.25, 0.3) is 0 Å². The molecule has 140 valence electrons. The van der Waals surface area contributed by atoms with Gasteiger partial charge >= 0.3 is 5.97 Å². The molecule has 0 aliphatic carbocycles. The second-order valence-corrected chi connectivity index (χ2v) is 5.69. The molecule has 3 rings (SSSR count). The monoisotopic (exact) mass is 378 g/mol. The van der Waals surface area contributed by atoms with E-state index < -0.39 is 16.8 Å². The number of hydrogen-bond donors (Lipinski definition) is 2. The molecule has 0 saturated heterocycles. The summed E-state index contributed by atoms with van der Waals surface area (Å²) in [6.07, 6.45) is 0. The fourth-order valence-electron chi connectivity index (χ4n) is 2.43. The number of anilines is 1. The van der Waals surface area contributed by atoms with Gasteiger partial charge in [0.05, 0.1) is 16.2 Å². The Bertz CT molecular complexity index is 1030. The van der Waals surface area contributed by atoms with Crippen molar-refractivity contribution in [1.82, 2.24) is 0 Å². The number of non-ortho nitro benzene ring substituents is 1. The van der Waals surface area contributed by atoms with E-state index >= 15 is 0 Å². The summed E-state index contributed by atoms with van der Waals surface area (Å²) >= 11 is 0. The second-order valence-electron chi connectivity index (χ2n) is 5.69. The molecule has 0 heterocycles. The zero-order chi connectivity index (χ0) is 20.1. The zero-order valence-corrected chi connectivity index (χ0v) is 14.4. The number of carboxylic acid groups (broad SMARTS) is 1. The second kappa shape index (κ2) is 8.00. The van der Waals surface area contributed by atoms with Gasteiger partial charge in [-0.1, -0.05) is 18.2 Å². The van der Waals surface area contributed by atoms with Crippen LogP contribution in [-0.2, 0) is 0 Å². The van der Waals surface area contributed by atoms with Gasteiger partial charge in [0.25, 0.3) is 11.6 Å². The Morgan fingerprint density at radius 2 is 1.61 bits per heavy atom. The minimum absolute atomic E-state index is 0.0456. The maximum atomic E-state index is 12.4. The van der Waals surface area contributed by atoms with Gasteiger partial charge in [0.15, 0.2) is 0 Å². The molecule has 0 unspecified atom stereocenters. The molecular formula is C20H14N2O6. The number of nitro groups is 1. The first kappa shape index (κ1) is 18.6. The average molecular weight is 378 g/mol. The predicted molar refractivity (Wildman–Crippen MR) is 101 cm³/mol. The Labute approximate surface area is 159 Å². The first-order valence-corrected chi connectivity index (χ1v) is 8.10. The van der Waals surface area contributed by atoms with Gasteiger partial charge in [-0.25, -0.2) is 4.79 Å². The largest absolute Gasteiger partial charge is 0.478 e. The summed E-state index contributed by atoms with van der Waals surface area (Å²) in [6, 6.07) is 18.1. The first-order chi connectivity index (χ1) is 13.4.